The largest absolute Gasteiger partial charge is 0.418 e. The number of nitrogens with zero attached hydrogens (tertiary/aromatic N) is 3. The number of alkyl halides is 6. The van der Waals surface area contributed by atoms with E-state index in [9.17, 15) is 39.6 Å². The Kier molecular flexibility index (Phi) is 6.40. The lowest BCUT2D eigenvalue weighted by Gasteiger charge is -2.33. The van der Waals surface area contributed by atoms with Crippen molar-refractivity contribution in [3.8, 4) is 11.1 Å². The third kappa shape index (κ3) is 5.09. The molecule has 0 saturated carbocycles. The van der Waals surface area contributed by atoms with Crippen LogP contribution in [0, 0.1) is 0 Å². The molecule has 2 aromatic heterocycles. The predicted octanol–water partition coefficient (Wildman–Crippen LogP) is 3.49. The fourth-order valence-electron chi connectivity index (χ4n) is 4.24. The zero-order valence-electron chi connectivity index (χ0n) is 18.6. The number of primary amides is 1. The van der Waals surface area contributed by atoms with Gasteiger partial charge in [0.25, 0.3) is 15.9 Å². The molecule has 8 nitrogen and oxygen atoms in total. The molecule has 0 spiro atoms. The number of hydrogen-bond acceptors (Lipinski definition) is 6. The Morgan fingerprint density at radius 2 is 1.68 bits per heavy atom. The maximum absolute atomic E-state index is 14.0. The zero-order valence-corrected chi connectivity index (χ0v) is 19.4. The van der Waals surface area contributed by atoms with Crippen molar-refractivity contribution in [1.29, 1.82) is 0 Å². The predicted molar refractivity (Wildman–Crippen MR) is 119 cm³/mol. The second-order valence-corrected chi connectivity index (χ2v) is 9.66. The van der Waals surface area contributed by atoms with Gasteiger partial charge in [0.15, 0.2) is 5.03 Å². The molecule has 3 heterocycles. The molecule has 15 heteroatoms. The van der Waals surface area contributed by atoms with Crippen molar-refractivity contribution in [3.05, 3.63) is 70.5 Å². The summed E-state index contributed by atoms with van der Waals surface area (Å²) in [6, 6.07) is 5.41. The average Bonchev–Trinajstić information content (AvgIpc) is 2.80. The van der Waals surface area contributed by atoms with Crippen molar-refractivity contribution in [3.63, 3.8) is 0 Å². The number of carbonyl (C=O) groups excluding carboxylic acids is 1. The van der Waals surface area contributed by atoms with E-state index in [2.05, 4.69) is 9.97 Å². The molecule has 1 aliphatic heterocycles. The Balaban J connectivity index is 1.96. The Hall–Kier alpha value is -3.72. The van der Waals surface area contributed by atoms with E-state index in [0.717, 1.165) is 24.4 Å². The number of halogens is 6. The summed E-state index contributed by atoms with van der Waals surface area (Å²) >= 11 is 0. The molecule has 4 N–H and O–H groups in total. The van der Waals surface area contributed by atoms with Gasteiger partial charge in [-0.25, -0.2) is 23.5 Å². The molecule has 0 aliphatic carbocycles. The fourth-order valence-corrected chi connectivity index (χ4v) is 4.74. The van der Waals surface area contributed by atoms with Crippen molar-refractivity contribution in [2.75, 3.05) is 11.4 Å². The van der Waals surface area contributed by atoms with Crippen LogP contribution in [0.15, 0.2) is 47.8 Å². The third-order valence-corrected chi connectivity index (χ3v) is 6.61. The van der Waals surface area contributed by atoms with E-state index >= 15 is 0 Å². The molecule has 3 aromatic rings. The van der Waals surface area contributed by atoms with Crippen LogP contribution < -0.4 is 15.8 Å². The van der Waals surface area contributed by atoms with Crippen LogP contribution in [0.1, 0.15) is 32.6 Å². The van der Waals surface area contributed by atoms with Gasteiger partial charge in [-0.05, 0) is 41.3 Å². The quantitative estimate of drug-likeness (QED) is 0.483. The van der Waals surface area contributed by atoms with Gasteiger partial charge < -0.3 is 10.6 Å². The number of primary sulfonamides is 1. The smallest absolute Gasteiger partial charge is 0.365 e. The number of sulfonamides is 1. The fraction of sp³-hybridized carbons (Fsp3) is 0.227. The highest BCUT2D eigenvalue weighted by atomic mass is 32.2. The van der Waals surface area contributed by atoms with Crippen molar-refractivity contribution in [2.24, 2.45) is 10.9 Å². The van der Waals surface area contributed by atoms with Crippen molar-refractivity contribution >= 4 is 21.7 Å². The number of rotatable bonds is 4. The van der Waals surface area contributed by atoms with Crippen molar-refractivity contribution < 1.29 is 39.6 Å². The molecular formula is C22H17F6N5O3S. The SMILES string of the molecule is NC(=O)c1c(N2CCc3cccc(C(F)(F)F)c3C2)ncc(C(F)(F)F)c1-c1ccnc(S(N)(=O)=O)c1. The van der Waals surface area contributed by atoms with E-state index in [1.807, 2.05) is 0 Å². The lowest BCUT2D eigenvalue weighted by atomic mass is 9.92. The number of fused-ring (bicyclic) bond motifs is 1. The van der Waals surface area contributed by atoms with Crippen LogP contribution in [0.2, 0.25) is 0 Å². The molecule has 0 bridgehead atoms. The Morgan fingerprint density at radius 1 is 1.00 bits per heavy atom. The summed E-state index contributed by atoms with van der Waals surface area (Å²) in [4.78, 5) is 21.1. The van der Waals surface area contributed by atoms with Gasteiger partial charge in [0.1, 0.15) is 5.82 Å². The summed E-state index contributed by atoms with van der Waals surface area (Å²) in [7, 11) is -4.44. The Bertz CT molecular complexity index is 1510. The van der Waals surface area contributed by atoms with Crippen LogP contribution in [0.25, 0.3) is 11.1 Å². The number of anilines is 1. The maximum Gasteiger partial charge on any atom is 0.418 e. The molecule has 37 heavy (non-hydrogen) atoms. The summed E-state index contributed by atoms with van der Waals surface area (Å²) in [5.41, 5.74) is 1.48. The number of pyridine rings is 2. The van der Waals surface area contributed by atoms with E-state index in [0.29, 0.717) is 11.8 Å². The van der Waals surface area contributed by atoms with Gasteiger partial charge in [0.05, 0.1) is 16.7 Å². The molecule has 0 unspecified atom stereocenters. The lowest BCUT2D eigenvalue weighted by molar-refractivity contribution is -0.138. The second kappa shape index (κ2) is 8.99. The molecule has 0 fully saturated rings. The summed E-state index contributed by atoms with van der Waals surface area (Å²) < 4.78 is 106. The number of amides is 1. The standard InChI is InChI=1S/C22H17F6N5O3S/c23-21(24,25)14-3-1-2-11-5-7-33(10-13(11)14)20-18(19(29)34)17(15(9-32-20)22(26,27)28)12-4-6-31-16(8-12)37(30,35)36/h1-4,6,8-9H,5,7,10H2,(H2,29,34)(H2,30,35,36). The highest BCUT2D eigenvalue weighted by molar-refractivity contribution is 7.89. The molecular weight excluding hydrogens is 528 g/mol. The highest BCUT2D eigenvalue weighted by Gasteiger charge is 2.40. The van der Waals surface area contributed by atoms with Crippen LogP contribution in [0.3, 0.4) is 0 Å². The maximum atomic E-state index is 14.0. The van der Waals surface area contributed by atoms with Crippen LogP contribution in [-0.4, -0.2) is 30.8 Å². The molecule has 1 aliphatic rings. The van der Waals surface area contributed by atoms with Crippen LogP contribution in [0.5, 0.6) is 0 Å². The first-order valence-electron chi connectivity index (χ1n) is 10.4. The Labute approximate surface area is 206 Å². The van der Waals surface area contributed by atoms with Crippen molar-refractivity contribution in [1.82, 2.24) is 9.97 Å². The monoisotopic (exact) mass is 545 g/mol. The normalized spacial score (nSPS) is 14.4. The summed E-state index contributed by atoms with van der Waals surface area (Å²) in [6.07, 6.45) is -8.37. The van der Waals surface area contributed by atoms with Gasteiger partial charge in [-0.1, -0.05) is 12.1 Å². The summed E-state index contributed by atoms with van der Waals surface area (Å²) in [5, 5.41) is 4.28. The van der Waals surface area contributed by atoms with Gasteiger partial charge in [0.2, 0.25) is 0 Å². The number of hydrogen-bond donors (Lipinski definition) is 2. The first-order chi connectivity index (χ1) is 17.1. The molecule has 0 radical (unpaired) electrons. The molecule has 4 rings (SSSR count). The highest BCUT2D eigenvalue weighted by Crippen LogP contribution is 2.43. The van der Waals surface area contributed by atoms with E-state index in [1.54, 1.807) is 0 Å². The first kappa shape index (κ1) is 26.3. The van der Waals surface area contributed by atoms with Crippen LogP contribution in [-0.2, 0) is 35.3 Å². The summed E-state index contributed by atoms with van der Waals surface area (Å²) in [6.45, 7) is -0.396. The lowest BCUT2D eigenvalue weighted by Crippen LogP contribution is -2.35. The molecule has 0 saturated heterocycles. The second-order valence-electron chi connectivity index (χ2n) is 8.15. The Morgan fingerprint density at radius 3 is 2.27 bits per heavy atom. The van der Waals surface area contributed by atoms with Gasteiger partial charge in [-0.15, -0.1) is 0 Å². The van der Waals surface area contributed by atoms with Crippen LogP contribution >= 0.6 is 0 Å². The summed E-state index contributed by atoms with van der Waals surface area (Å²) in [5.74, 6) is -1.74. The average molecular weight is 545 g/mol. The van der Waals surface area contributed by atoms with E-state index < -0.39 is 67.7 Å². The van der Waals surface area contributed by atoms with E-state index in [1.165, 1.54) is 17.0 Å². The van der Waals surface area contributed by atoms with Crippen molar-refractivity contribution in [2.45, 2.75) is 30.3 Å². The number of aromatic nitrogens is 2. The number of benzene rings is 1. The van der Waals surface area contributed by atoms with E-state index in [-0.39, 0.29) is 24.3 Å². The topological polar surface area (TPSA) is 132 Å². The number of nitrogens with two attached hydrogens (primary N) is 2. The minimum Gasteiger partial charge on any atom is -0.365 e. The molecule has 0 atom stereocenters. The van der Waals surface area contributed by atoms with Gasteiger partial charge in [-0.2, -0.15) is 26.3 Å². The minimum absolute atomic E-state index is 0.0190. The third-order valence-electron chi connectivity index (χ3n) is 5.80. The number of carbonyl (C=O) groups is 1. The first-order valence-corrected chi connectivity index (χ1v) is 12.0. The minimum atomic E-state index is -5.06. The molecule has 1 amide bonds. The van der Waals surface area contributed by atoms with Gasteiger partial charge in [0, 0.05) is 31.0 Å². The van der Waals surface area contributed by atoms with Gasteiger partial charge >= 0.3 is 12.4 Å². The van der Waals surface area contributed by atoms with Gasteiger partial charge in [-0.3, -0.25) is 4.79 Å². The molecule has 1 aromatic carbocycles. The van der Waals surface area contributed by atoms with E-state index in [4.69, 9.17) is 10.9 Å². The molecule has 196 valence electrons. The zero-order chi connectivity index (χ0) is 27.3. The van der Waals surface area contributed by atoms with Crippen LogP contribution in [0.4, 0.5) is 32.2 Å².